The van der Waals surface area contributed by atoms with E-state index < -0.39 is 17.4 Å². The molecule has 3 heterocycles. The molecule has 268 valence electrons. The summed E-state index contributed by atoms with van der Waals surface area (Å²) in [5.41, 5.74) is 1.13. The fourth-order valence-corrected chi connectivity index (χ4v) is 7.47. The molecule has 1 aromatic carbocycles. The summed E-state index contributed by atoms with van der Waals surface area (Å²) in [5.74, 6) is -0.721. The summed E-state index contributed by atoms with van der Waals surface area (Å²) in [6.45, 7) is 19.1. The Morgan fingerprint density at radius 3 is 1.74 bits per heavy atom. The lowest BCUT2D eigenvalue weighted by Gasteiger charge is -2.46. The van der Waals surface area contributed by atoms with Gasteiger partial charge >= 0.3 is 0 Å². The summed E-state index contributed by atoms with van der Waals surface area (Å²) in [6, 6.07) is 8.04. The van der Waals surface area contributed by atoms with E-state index in [1.54, 1.807) is 7.11 Å². The first-order valence-electron chi connectivity index (χ1n) is 17.7. The topological polar surface area (TPSA) is 94.1 Å². The van der Waals surface area contributed by atoms with Gasteiger partial charge in [0.25, 0.3) is 0 Å². The van der Waals surface area contributed by atoms with Crippen molar-refractivity contribution < 1.29 is 43.0 Å². The SMILES string of the molecule is COc1ccc(CO[C@@H](C(C)C)[C@@H](C)/C=C/[C@H]2C[C@@H](C[C@@H]3C[C@@H](C[C@@H]4C[C@H](CCO)OC(C)(C)O4)OC(C)(C)O3)OC(C)(C)O2)cc1. The molecule has 0 unspecified atom stereocenters. The first-order chi connectivity index (χ1) is 22.0. The third-order valence-electron chi connectivity index (χ3n) is 9.14. The van der Waals surface area contributed by atoms with Crippen molar-refractivity contribution in [3.05, 3.63) is 42.0 Å². The van der Waals surface area contributed by atoms with Gasteiger partial charge in [0, 0.05) is 44.6 Å². The van der Waals surface area contributed by atoms with E-state index >= 15 is 0 Å². The van der Waals surface area contributed by atoms with Crippen LogP contribution in [0.25, 0.3) is 0 Å². The lowest BCUT2D eigenvalue weighted by atomic mass is 9.92. The normalized spacial score (nSPS) is 31.9. The third kappa shape index (κ3) is 12.1. The summed E-state index contributed by atoms with van der Waals surface area (Å²) in [4.78, 5) is 0. The molecule has 3 fully saturated rings. The Hall–Kier alpha value is -1.56. The Bertz CT molecular complexity index is 1110. The van der Waals surface area contributed by atoms with Crippen LogP contribution in [0, 0.1) is 11.8 Å². The van der Waals surface area contributed by atoms with Gasteiger partial charge in [-0.1, -0.05) is 45.1 Å². The average molecular weight is 663 g/mol. The van der Waals surface area contributed by atoms with Gasteiger partial charge in [-0.25, -0.2) is 0 Å². The van der Waals surface area contributed by atoms with Crippen molar-refractivity contribution in [2.45, 2.75) is 168 Å². The molecule has 3 aliphatic rings. The van der Waals surface area contributed by atoms with E-state index in [1.165, 1.54) is 0 Å². The fourth-order valence-electron chi connectivity index (χ4n) is 7.47. The van der Waals surface area contributed by atoms with Gasteiger partial charge in [0.05, 0.1) is 56.4 Å². The number of benzene rings is 1. The quantitative estimate of drug-likeness (QED) is 0.206. The van der Waals surface area contributed by atoms with E-state index in [0.717, 1.165) is 43.4 Å². The molecule has 1 N–H and O–H groups in total. The number of aliphatic hydroxyl groups excluding tert-OH is 1. The summed E-state index contributed by atoms with van der Waals surface area (Å²) in [5, 5.41) is 9.50. The monoisotopic (exact) mass is 662 g/mol. The predicted octanol–water partition coefficient (Wildman–Crippen LogP) is 7.32. The van der Waals surface area contributed by atoms with Crippen LogP contribution in [0.5, 0.6) is 5.75 Å². The molecule has 0 saturated carbocycles. The molecule has 0 bridgehead atoms. The zero-order chi connectivity index (χ0) is 34.4. The smallest absolute Gasteiger partial charge is 0.163 e. The summed E-state index contributed by atoms with van der Waals surface area (Å²) in [7, 11) is 1.68. The molecule has 4 rings (SSSR count). The van der Waals surface area contributed by atoms with E-state index in [9.17, 15) is 5.11 Å². The highest BCUT2D eigenvalue weighted by Gasteiger charge is 2.43. The molecule has 0 radical (unpaired) electrons. The minimum absolute atomic E-state index is 0.0144. The van der Waals surface area contributed by atoms with Crippen LogP contribution in [-0.4, -0.2) is 78.9 Å². The number of hydrogen-bond acceptors (Lipinski definition) is 9. The maximum absolute atomic E-state index is 9.50. The molecule has 8 atom stereocenters. The lowest BCUT2D eigenvalue weighted by molar-refractivity contribution is -0.333. The van der Waals surface area contributed by atoms with E-state index in [4.69, 9.17) is 37.9 Å². The minimum atomic E-state index is -0.716. The molecule has 0 spiro atoms. The zero-order valence-electron chi connectivity index (χ0n) is 30.5. The predicted molar refractivity (Wildman–Crippen MR) is 181 cm³/mol. The van der Waals surface area contributed by atoms with Gasteiger partial charge in [0.15, 0.2) is 17.4 Å². The zero-order valence-corrected chi connectivity index (χ0v) is 30.5. The van der Waals surface area contributed by atoms with Crippen LogP contribution in [0.15, 0.2) is 36.4 Å². The Morgan fingerprint density at radius 2 is 1.23 bits per heavy atom. The van der Waals surface area contributed by atoms with Crippen molar-refractivity contribution in [3.8, 4) is 5.75 Å². The molecular weight excluding hydrogens is 600 g/mol. The van der Waals surface area contributed by atoms with E-state index in [1.807, 2.05) is 65.8 Å². The van der Waals surface area contributed by atoms with Crippen LogP contribution in [0.4, 0.5) is 0 Å². The number of ether oxygens (including phenoxy) is 8. The van der Waals surface area contributed by atoms with Crippen LogP contribution in [-0.2, 0) is 39.8 Å². The molecule has 9 nitrogen and oxygen atoms in total. The first kappa shape index (κ1) is 38.2. The number of hydrogen-bond donors (Lipinski definition) is 1. The first-order valence-corrected chi connectivity index (χ1v) is 17.7. The van der Waals surface area contributed by atoms with Gasteiger partial charge in [0.1, 0.15) is 5.75 Å². The highest BCUT2D eigenvalue weighted by Crippen LogP contribution is 2.38. The second-order valence-corrected chi connectivity index (χ2v) is 15.4. The van der Waals surface area contributed by atoms with Gasteiger partial charge in [-0.3, -0.25) is 0 Å². The molecule has 1 aromatic rings. The molecule has 3 aliphatic heterocycles. The van der Waals surface area contributed by atoms with Crippen LogP contribution >= 0.6 is 0 Å². The van der Waals surface area contributed by atoms with Crippen molar-refractivity contribution in [2.24, 2.45) is 11.8 Å². The molecule has 3 saturated heterocycles. The maximum atomic E-state index is 9.50. The van der Waals surface area contributed by atoms with Gasteiger partial charge < -0.3 is 43.0 Å². The third-order valence-corrected chi connectivity index (χ3v) is 9.14. The van der Waals surface area contributed by atoms with Crippen LogP contribution < -0.4 is 4.74 Å². The second kappa shape index (κ2) is 16.4. The van der Waals surface area contributed by atoms with E-state index in [-0.39, 0.29) is 55.3 Å². The number of methoxy groups -OCH3 is 1. The maximum Gasteiger partial charge on any atom is 0.163 e. The molecule has 0 aromatic heterocycles. The molecule has 9 heteroatoms. The summed E-state index contributed by atoms with van der Waals surface area (Å²) >= 11 is 0. The Balaban J connectivity index is 1.34. The minimum Gasteiger partial charge on any atom is -0.497 e. The van der Waals surface area contributed by atoms with Gasteiger partial charge in [-0.05, 0) is 71.6 Å². The van der Waals surface area contributed by atoms with Gasteiger partial charge in [-0.15, -0.1) is 0 Å². The van der Waals surface area contributed by atoms with Crippen LogP contribution in [0.3, 0.4) is 0 Å². The van der Waals surface area contributed by atoms with Crippen molar-refractivity contribution >= 4 is 0 Å². The summed E-state index contributed by atoms with van der Waals surface area (Å²) < 4.78 is 49.7. The number of rotatable bonds is 14. The van der Waals surface area contributed by atoms with Gasteiger partial charge in [-0.2, -0.15) is 0 Å². The van der Waals surface area contributed by atoms with Crippen molar-refractivity contribution in [1.82, 2.24) is 0 Å². The average Bonchev–Trinajstić information content (AvgIpc) is 2.94. The molecular formula is C38H62O9. The highest BCUT2D eigenvalue weighted by molar-refractivity contribution is 5.26. The van der Waals surface area contributed by atoms with Crippen molar-refractivity contribution in [3.63, 3.8) is 0 Å². The second-order valence-electron chi connectivity index (χ2n) is 15.4. The van der Waals surface area contributed by atoms with Crippen LogP contribution in [0.1, 0.15) is 106 Å². The Kier molecular flexibility index (Phi) is 13.4. The summed E-state index contributed by atoms with van der Waals surface area (Å²) in [6.07, 6.45) is 8.66. The highest BCUT2D eigenvalue weighted by atomic mass is 16.7. The fraction of sp³-hybridized carbons (Fsp3) is 0.789. The number of aliphatic hydroxyl groups is 1. The van der Waals surface area contributed by atoms with E-state index in [0.29, 0.717) is 18.9 Å². The lowest BCUT2D eigenvalue weighted by Crippen LogP contribution is -2.51. The molecule has 0 amide bonds. The Labute approximate surface area is 283 Å². The van der Waals surface area contributed by atoms with Gasteiger partial charge in [0.2, 0.25) is 0 Å². The largest absolute Gasteiger partial charge is 0.497 e. The van der Waals surface area contributed by atoms with E-state index in [2.05, 4.69) is 32.9 Å². The molecule has 0 aliphatic carbocycles. The van der Waals surface area contributed by atoms with Crippen LogP contribution in [0.2, 0.25) is 0 Å². The Morgan fingerprint density at radius 1 is 0.745 bits per heavy atom. The van der Waals surface area contributed by atoms with Crippen molar-refractivity contribution in [1.29, 1.82) is 0 Å². The van der Waals surface area contributed by atoms with Crippen molar-refractivity contribution in [2.75, 3.05) is 13.7 Å². The molecule has 47 heavy (non-hydrogen) atoms. The standard InChI is InChI=1S/C38H62O9/c1-25(2)35(41-24-27-12-15-28(40-10)16-13-27)26(3)11-14-29-19-31(44-36(4,5)42-29)21-33-23-34(47-38(8,9)46-33)22-32-20-30(17-18-39)43-37(6,7)45-32/h11-16,25-26,29-35,39H,17-24H2,1-10H3/b14-11+/t26-,29-,30-,31-,32-,33+,34+,35-/m0/s1.